The molecule has 0 spiro atoms. The summed E-state index contributed by atoms with van der Waals surface area (Å²) in [5.41, 5.74) is 0.775. The fraction of sp³-hybridized carbons (Fsp3) is 0. The van der Waals surface area contributed by atoms with E-state index in [1.54, 1.807) is 12.1 Å². The van der Waals surface area contributed by atoms with Crippen LogP contribution in [0.5, 0.6) is 0 Å². The van der Waals surface area contributed by atoms with Crippen LogP contribution < -0.4 is 0 Å². The van der Waals surface area contributed by atoms with Gasteiger partial charge >= 0.3 is 0 Å². The van der Waals surface area contributed by atoms with E-state index in [0.717, 1.165) is 10.9 Å². The van der Waals surface area contributed by atoms with Crippen LogP contribution in [0.4, 0.5) is 0 Å². The van der Waals surface area contributed by atoms with Gasteiger partial charge in [0.25, 0.3) is 0 Å². The van der Waals surface area contributed by atoms with Crippen molar-refractivity contribution in [2.75, 3.05) is 0 Å². The number of halogens is 3. The maximum atomic E-state index is 5.92. The second-order valence-corrected chi connectivity index (χ2v) is 4.20. The molecule has 0 aliphatic rings. The van der Waals surface area contributed by atoms with Gasteiger partial charge in [0.1, 0.15) is 5.15 Å². The summed E-state index contributed by atoms with van der Waals surface area (Å²) in [6.45, 7) is 0. The minimum atomic E-state index is 0.464. The van der Waals surface area contributed by atoms with Gasteiger partial charge < -0.3 is 0 Å². The summed E-state index contributed by atoms with van der Waals surface area (Å²) in [7, 11) is 0. The van der Waals surface area contributed by atoms with Crippen molar-refractivity contribution < 1.29 is 0 Å². The van der Waals surface area contributed by atoms with Crippen LogP contribution in [0.3, 0.4) is 0 Å². The average molecular weight is 325 g/mol. The van der Waals surface area contributed by atoms with Crippen LogP contribution >= 0.6 is 45.8 Å². The normalized spacial score (nSPS) is 10.7. The van der Waals surface area contributed by atoms with Gasteiger partial charge in [-0.15, -0.1) is 0 Å². The molecule has 13 heavy (non-hydrogen) atoms. The predicted octanol–water partition coefficient (Wildman–Crippen LogP) is 3.54. The minimum Gasteiger partial charge on any atom is -0.223 e. The SMILES string of the molecule is Clc1ccc2c(Cl)nc(I)nc2c1. The number of fused-ring (bicyclic) bond motifs is 1. The van der Waals surface area contributed by atoms with Crippen molar-refractivity contribution in [2.45, 2.75) is 0 Å². The van der Waals surface area contributed by atoms with Gasteiger partial charge in [-0.05, 0) is 18.2 Å². The average Bonchev–Trinajstić information content (AvgIpc) is 2.02. The molecule has 0 saturated heterocycles. The summed E-state index contributed by atoms with van der Waals surface area (Å²) in [5, 5.41) is 1.94. The van der Waals surface area contributed by atoms with Crippen LogP contribution in [0.15, 0.2) is 18.2 Å². The molecule has 66 valence electrons. The Balaban J connectivity index is 2.86. The number of nitrogens with zero attached hydrogens (tertiary/aromatic N) is 2. The van der Waals surface area contributed by atoms with Crippen LogP contribution in [-0.4, -0.2) is 9.97 Å². The van der Waals surface area contributed by atoms with Crippen molar-refractivity contribution in [3.63, 3.8) is 0 Å². The third-order valence-corrected chi connectivity index (χ3v) is 2.59. The third kappa shape index (κ3) is 1.87. The molecular weight excluding hydrogens is 322 g/mol. The van der Waals surface area contributed by atoms with Crippen LogP contribution in [0.25, 0.3) is 10.9 Å². The fourth-order valence-corrected chi connectivity index (χ4v) is 2.09. The molecule has 5 heteroatoms. The van der Waals surface area contributed by atoms with Crippen LogP contribution in [0.2, 0.25) is 10.2 Å². The van der Waals surface area contributed by atoms with E-state index in [9.17, 15) is 0 Å². The summed E-state index contributed by atoms with van der Waals surface area (Å²) in [6.07, 6.45) is 0. The van der Waals surface area contributed by atoms with E-state index >= 15 is 0 Å². The highest BCUT2D eigenvalue weighted by Crippen LogP contribution is 2.23. The molecule has 2 rings (SSSR count). The van der Waals surface area contributed by atoms with Gasteiger partial charge in [0.05, 0.1) is 5.52 Å². The number of benzene rings is 1. The number of aromatic nitrogens is 2. The number of hydrogen-bond donors (Lipinski definition) is 0. The Hall–Kier alpha value is -0.130. The topological polar surface area (TPSA) is 25.8 Å². The van der Waals surface area contributed by atoms with E-state index in [1.807, 2.05) is 28.7 Å². The summed E-state index contributed by atoms with van der Waals surface area (Å²) >= 11 is 13.7. The maximum Gasteiger partial charge on any atom is 0.192 e. The van der Waals surface area contributed by atoms with Crippen molar-refractivity contribution in [3.05, 3.63) is 32.2 Å². The number of rotatable bonds is 0. The van der Waals surface area contributed by atoms with Gasteiger partial charge in [-0.25, -0.2) is 9.97 Å². The van der Waals surface area contributed by atoms with Gasteiger partial charge in [-0.2, -0.15) is 0 Å². The summed E-state index contributed by atoms with van der Waals surface area (Å²) in [5.74, 6) is 0. The van der Waals surface area contributed by atoms with Gasteiger partial charge in [0, 0.05) is 33.0 Å². The molecule has 0 bridgehead atoms. The van der Waals surface area contributed by atoms with Crippen LogP contribution in [0, 0.1) is 3.83 Å². The quantitative estimate of drug-likeness (QED) is 0.421. The van der Waals surface area contributed by atoms with Crippen molar-refractivity contribution >= 4 is 56.7 Å². The van der Waals surface area contributed by atoms with E-state index in [2.05, 4.69) is 9.97 Å². The van der Waals surface area contributed by atoms with Gasteiger partial charge in [0.2, 0.25) is 0 Å². The number of hydrogen-bond acceptors (Lipinski definition) is 2. The summed E-state index contributed by atoms with van der Waals surface area (Å²) < 4.78 is 0.623. The molecule has 1 heterocycles. The Morgan fingerprint density at radius 3 is 2.69 bits per heavy atom. The van der Waals surface area contributed by atoms with Gasteiger partial charge in [0.15, 0.2) is 3.83 Å². The lowest BCUT2D eigenvalue weighted by Gasteiger charge is -1.99. The second kappa shape index (κ2) is 3.55. The first-order valence-corrected chi connectivity index (χ1v) is 5.28. The molecule has 2 aromatic rings. The van der Waals surface area contributed by atoms with E-state index in [1.165, 1.54) is 0 Å². The van der Waals surface area contributed by atoms with E-state index < -0.39 is 0 Å². The van der Waals surface area contributed by atoms with Crippen LogP contribution in [0.1, 0.15) is 0 Å². The lowest BCUT2D eigenvalue weighted by Crippen LogP contribution is -1.89. The molecule has 2 nitrogen and oxygen atoms in total. The Kier molecular flexibility index (Phi) is 2.58. The first-order valence-electron chi connectivity index (χ1n) is 3.45. The smallest absolute Gasteiger partial charge is 0.192 e. The molecule has 1 aromatic carbocycles. The molecule has 0 atom stereocenters. The monoisotopic (exact) mass is 324 g/mol. The van der Waals surface area contributed by atoms with E-state index in [4.69, 9.17) is 23.2 Å². The molecule has 0 unspecified atom stereocenters. The van der Waals surface area contributed by atoms with E-state index in [-0.39, 0.29) is 0 Å². The highest BCUT2D eigenvalue weighted by Gasteiger charge is 2.03. The molecule has 0 aliphatic heterocycles. The zero-order valence-electron chi connectivity index (χ0n) is 6.26. The maximum absolute atomic E-state index is 5.92. The highest BCUT2D eigenvalue weighted by molar-refractivity contribution is 14.1. The Morgan fingerprint density at radius 1 is 1.15 bits per heavy atom. The Bertz CT molecular complexity index is 468. The van der Waals surface area contributed by atoms with Crippen molar-refractivity contribution in [1.82, 2.24) is 9.97 Å². The second-order valence-electron chi connectivity index (χ2n) is 2.44. The molecule has 0 radical (unpaired) electrons. The lowest BCUT2D eigenvalue weighted by atomic mass is 10.2. The largest absolute Gasteiger partial charge is 0.223 e. The van der Waals surface area contributed by atoms with Crippen LogP contribution in [-0.2, 0) is 0 Å². The highest BCUT2D eigenvalue weighted by atomic mass is 127. The van der Waals surface area contributed by atoms with Crippen molar-refractivity contribution in [1.29, 1.82) is 0 Å². The lowest BCUT2D eigenvalue weighted by molar-refractivity contribution is 1.15. The Labute approximate surface area is 98.4 Å². The summed E-state index contributed by atoms with van der Waals surface area (Å²) in [4.78, 5) is 8.23. The van der Waals surface area contributed by atoms with Crippen molar-refractivity contribution in [2.24, 2.45) is 0 Å². The molecule has 0 saturated carbocycles. The van der Waals surface area contributed by atoms with Crippen molar-refractivity contribution in [3.8, 4) is 0 Å². The molecule has 1 aromatic heterocycles. The molecule has 0 aliphatic carbocycles. The first-order chi connectivity index (χ1) is 6.16. The van der Waals surface area contributed by atoms with Gasteiger partial charge in [-0.3, -0.25) is 0 Å². The van der Waals surface area contributed by atoms with Gasteiger partial charge in [-0.1, -0.05) is 23.2 Å². The summed E-state index contributed by atoms with van der Waals surface area (Å²) in [6, 6.07) is 5.36. The molecular formula is C8H3Cl2IN2. The predicted molar refractivity (Wildman–Crippen MR) is 62.3 cm³/mol. The Morgan fingerprint density at radius 2 is 1.92 bits per heavy atom. The zero-order valence-corrected chi connectivity index (χ0v) is 9.93. The minimum absolute atomic E-state index is 0.464. The zero-order chi connectivity index (χ0) is 9.42. The molecule has 0 fully saturated rings. The fourth-order valence-electron chi connectivity index (χ4n) is 1.04. The first kappa shape index (κ1) is 9.43. The third-order valence-electron chi connectivity index (χ3n) is 1.59. The standard InChI is InChI=1S/C8H3Cl2IN2/c9-4-1-2-5-6(3-4)12-8(11)13-7(5)10/h1-3H. The van der Waals surface area contributed by atoms with E-state index in [0.29, 0.717) is 14.0 Å². The molecule has 0 amide bonds. The molecule has 0 N–H and O–H groups in total.